The Labute approximate surface area is 69.7 Å². The Morgan fingerprint density at radius 1 is 1.75 bits per heavy atom. The molecule has 0 saturated carbocycles. The van der Waals surface area contributed by atoms with E-state index in [1.54, 1.807) is 0 Å². The van der Waals surface area contributed by atoms with Gasteiger partial charge < -0.3 is 15.2 Å². The van der Waals surface area contributed by atoms with E-state index in [-0.39, 0.29) is 18.9 Å². The first-order chi connectivity index (χ1) is 5.65. The molecule has 0 aliphatic carbocycles. The molecule has 1 aliphatic heterocycles. The number of carbonyl (C=O) groups excluding carboxylic acids is 2. The van der Waals surface area contributed by atoms with Crippen molar-refractivity contribution in [2.24, 2.45) is 5.92 Å². The van der Waals surface area contributed by atoms with Gasteiger partial charge in [0.25, 0.3) is 0 Å². The molecule has 2 unspecified atom stereocenters. The van der Waals surface area contributed by atoms with E-state index in [1.165, 1.54) is 7.11 Å². The van der Waals surface area contributed by atoms with Gasteiger partial charge in [-0.15, -0.1) is 0 Å². The quantitative estimate of drug-likeness (QED) is 0.481. The first-order valence-electron chi connectivity index (χ1n) is 3.67. The smallest absolute Gasteiger partial charge is 0.311 e. The molecule has 1 heterocycles. The number of hydrogen-bond donors (Lipinski definition) is 2. The second kappa shape index (κ2) is 3.53. The molecule has 0 aromatic rings. The van der Waals surface area contributed by atoms with E-state index in [2.05, 4.69) is 10.1 Å². The summed E-state index contributed by atoms with van der Waals surface area (Å²) in [6, 6.07) is 0. The van der Waals surface area contributed by atoms with Crippen LogP contribution in [0.2, 0.25) is 0 Å². The summed E-state index contributed by atoms with van der Waals surface area (Å²) < 4.78 is 4.43. The third-order valence-corrected chi connectivity index (χ3v) is 1.88. The van der Waals surface area contributed by atoms with Crippen LogP contribution in [0.5, 0.6) is 0 Å². The zero-order chi connectivity index (χ0) is 9.14. The van der Waals surface area contributed by atoms with Gasteiger partial charge in [0.05, 0.1) is 19.1 Å². The minimum atomic E-state index is -0.824. The van der Waals surface area contributed by atoms with E-state index < -0.39 is 18.0 Å². The fourth-order valence-electron chi connectivity index (χ4n) is 1.16. The molecular formula is C7H11NO4. The zero-order valence-corrected chi connectivity index (χ0v) is 6.74. The molecule has 0 aromatic heterocycles. The molecule has 2 atom stereocenters. The second-order valence-corrected chi connectivity index (χ2v) is 2.71. The van der Waals surface area contributed by atoms with E-state index in [0.717, 1.165) is 0 Å². The molecule has 1 rings (SSSR count). The highest BCUT2D eigenvalue weighted by molar-refractivity contribution is 5.84. The largest absolute Gasteiger partial charge is 0.469 e. The Morgan fingerprint density at radius 3 is 3.00 bits per heavy atom. The fourth-order valence-corrected chi connectivity index (χ4v) is 1.16. The van der Waals surface area contributed by atoms with Gasteiger partial charge in [0, 0.05) is 13.0 Å². The highest BCUT2D eigenvalue weighted by atomic mass is 16.5. The number of amides is 1. The van der Waals surface area contributed by atoms with Crippen LogP contribution in [0, 0.1) is 5.92 Å². The van der Waals surface area contributed by atoms with Crippen LogP contribution in [0.15, 0.2) is 0 Å². The van der Waals surface area contributed by atoms with Gasteiger partial charge in [0.2, 0.25) is 5.91 Å². The van der Waals surface area contributed by atoms with Gasteiger partial charge in [-0.25, -0.2) is 0 Å². The van der Waals surface area contributed by atoms with E-state index in [9.17, 15) is 14.7 Å². The molecule has 68 valence electrons. The van der Waals surface area contributed by atoms with E-state index >= 15 is 0 Å². The maximum Gasteiger partial charge on any atom is 0.311 e. The lowest BCUT2D eigenvalue weighted by Gasteiger charge is -2.25. The molecule has 1 amide bonds. The SMILES string of the molecule is COC(=O)C1CC(=O)NCC1O. The summed E-state index contributed by atoms with van der Waals surface area (Å²) in [4.78, 5) is 21.8. The van der Waals surface area contributed by atoms with Gasteiger partial charge in [0.1, 0.15) is 0 Å². The zero-order valence-electron chi connectivity index (χ0n) is 6.74. The Kier molecular flexibility index (Phi) is 2.65. The number of esters is 1. The van der Waals surface area contributed by atoms with Crippen molar-refractivity contribution in [1.82, 2.24) is 5.32 Å². The maximum absolute atomic E-state index is 11.0. The van der Waals surface area contributed by atoms with Crippen molar-refractivity contribution in [3.63, 3.8) is 0 Å². The number of piperidine rings is 1. The third kappa shape index (κ3) is 1.73. The van der Waals surface area contributed by atoms with Crippen LogP contribution in [-0.2, 0) is 14.3 Å². The fraction of sp³-hybridized carbons (Fsp3) is 0.714. The van der Waals surface area contributed by atoms with Crippen LogP contribution in [0.25, 0.3) is 0 Å². The molecule has 12 heavy (non-hydrogen) atoms. The van der Waals surface area contributed by atoms with Gasteiger partial charge in [-0.3, -0.25) is 9.59 Å². The normalized spacial score (nSPS) is 29.3. The van der Waals surface area contributed by atoms with Crippen molar-refractivity contribution in [2.45, 2.75) is 12.5 Å². The molecule has 0 bridgehead atoms. The van der Waals surface area contributed by atoms with Crippen molar-refractivity contribution in [3.05, 3.63) is 0 Å². The Hall–Kier alpha value is -1.10. The predicted molar refractivity (Wildman–Crippen MR) is 39.1 cm³/mol. The van der Waals surface area contributed by atoms with Crippen molar-refractivity contribution >= 4 is 11.9 Å². The number of ether oxygens (including phenoxy) is 1. The molecule has 1 aliphatic rings. The topological polar surface area (TPSA) is 75.6 Å². The number of β-amino-alcohol motifs (C(OH)–C–C–N with tert-alkyl or cyclic N) is 1. The standard InChI is InChI=1S/C7H11NO4/c1-12-7(11)4-2-6(10)8-3-5(4)9/h4-5,9H,2-3H2,1H3,(H,8,10). The lowest BCUT2D eigenvalue weighted by Crippen LogP contribution is -2.47. The molecule has 0 spiro atoms. The maximum atomic E-state index is 11.0. The Bertz CT molecular complexity index is 204. The number of carbonyl (C=O) groups is 2. The molecule has 0 aromatic carbocycles. The Morgan fingerprint density at radius 2 is 2.42 bits per heavy atom. The minimum Gasteiger partial charge on any atom is -0.469 e. The first-order valence-corrected chi connectivity index (χ1v) is 3.67. The summed E-state index contributed by atoms with van der Waals surface area (Å²) in [5, 5.41) is 11.7. The van der Waals surface area contributed by atoms with E-state index in [0.29, 0.717) is 0 Å². The van der Waals surface area contributed by atoms with Gasteiger partial charge in [-0.1, -0.05) is 0 Å². The lowest BCUT2D eigenvalue weighted by atomic mass is 9.95. The van der Waals surface area contributed by atoms with Crippen LogP contribution >= 0.6 is 0 Å². The molecule has 1 fully saturated rings. The summed E-state index contributed by atoms with van der Waals surface area (Å²) in [7, 11) is 1.24. The number of hydrogen-bond acceptors (Lipinski definition) is 4. The number of aliphatic hydroxyl groups is 1. The van der Waals surface area contributed by atoms with Crippen LogP contribution in [0.3, 0.4) is 0 Å². The van der Waals surface area contributed by atoms with Crippen molar-refractivity contribution < 1.29 is 19.4 Å². The average Bonchev–Trinajstić information content (AvgIpc) is 2.08. The van der Waals surface area contributed by atoms with E-state index in [1.807, 2.05) is 0 Å². The number of rotatable bonds is 1. The average molecular weight is 173 g/mol. The third-order valence-electron chi connectivity index (χ3n) is 1.88. The summed E-state index contributed by atoms with van der Waals surface area (Å²) in [5.74, 6) is -1.46. The van der Waals surface area contributed by atoms with Gasteiger partial charge in [-0.2, -0.15) is 0 Å². The van der Waals surface area contributed by atoms with Crippen LogP contribution in [-0.4, -0.2) is 36.7 Å². The second-order valence-electron chi connectivity index (χ2n) is 2.71. The number of nitrogens with one attached hydrogen (secondary N) is 1. The van der Waals surface area contributed by atoms with Crippen LogP contribution < -0.4 is 5.32 Å². The van der Waals surface area contributed by atoms with Gasteiger partial charge in [0.15, 0.2) is 0 Å². The van der Waals surface area contributed by atoms with Crippen LogP contribution in [0.4, 0.5) is 0 Å². The van der Waals surface area contributed by atoms with E-state index in [4.69, 9.17) is 0 Å². The highest BCUT2D eigenvalue weighted by Crippen LogP contribution is 2.14. The van der Waals surface area contributed by atoms with Gasteiger partial charge in [-0.05, 0) is 0 Å². The van der Waals surface area contributed by atoms with Crippen molar-refractivity contribution in [3.8, 4) is 0 Å². The van der Waals surface area contributed by atoms with Gasteiger partial charge >= 0.3 is 5.97 Å². The monoisotopic (exact) mass is 173 g/mol. The van der Waals surface area contributed by atoms with Crippen molar-refractivity contribution in [1.29, 1.82) is 0 Å². The van der Waals surface area contributed by atoms with Crippen molar-refractivity contribution in [2.75, 3.05) is 13.7 Å². The molecule has 0 radical (unpaired) electrons. The molecular weight excluding hydrogens is 162 g/mol. The molecule has 1 saturated heterocycles. The minimum absolute atomic E-state index is 0.00778. The molecule has 5 heteroatoms. The summed E-state index contributed by atoms with van der Waals surface area (Å²) in [5.41, 5.74) is 0. The molecule has 5 nitrogen and oxygen atoms in total. The molecule has 2 N–H and O–H groups in total. The summed E-state index contributed by atoms with van der Waals surface area (Å²) in [6.07, 6.45) is -0.816. The summed E-state index contributed by atoms with van der Waals surface area (Å²) in [6.45, 7) is 0.124. The Balaban J connectivity index is 2.60. The summed E-state index contributed by atoms with van der Waals surface area (Å²) >= 11 is 0. The lowest BCUT2D eigenvalue weighted by molar-refractivity contribution is -0.153. The first kappa shape index (κ1) is 8.99. The van der Waals surface area contributed by atoms with Crippen LogP contribution in [0.1, 0.15) is 6.42 Å². The predicted octanol–water partition coefficient (Wildman–Crippen LogP) is -1.34. The number of methoxy groups -OCH3 is 1. The number of aliphatic hydroxyl groups excluding tert-OH is 1. The highest BCUT2D eigenvalue weighted by Gasteiger charge is 2.33.